The first-order valence-electron chi connectivity index (χ1n) is 6.31. The Morgan fingerprint density at radius 1 is 1.25 bits per heavy atom. The molecule has 0 saturated heterocycles. The molecule has 0 spiro atoms. The van der Waals surface area contributed by atoms with Crippen LogP contribution in [0.3, 0.4) is 0 Å². The average Bonchev–Trinajstić information content (AvgIpc) is 2.46. The minimum atomic E-state index is -3.75. The van der Waals surface area contributed by atoms with Crippen LogP contribution >= 0.6 is 0 Å². The number of esters is 1. The van der Waals surface area contributed by atoms with Crippen molar-refractivity contribution in [1.82, 2.24) is 4.72 Å². The Labute approximate surface area is 118 Å². The highest BCUT2D eigenvalue weighted by Gasteiger charge is 2.21. The van der Waals surface area contributed by atoms with E-state index in [2.05, 4.69) is 9.46 Å². The van der Waals surface area contributed by atoms with Crippen molar-refractivity contribution < 1.29 is 23.1 Å². The third kappa shape index (κ3) is 4.59. The lowest BCUT2D eigenvalue weighted by atomic mass is 10.2. The van der Waals surface area contributed by atoms with Crippen molar-refractivity contribution in [3.63, 3.8) is 0 Å². The van der Waals surface area contributed by atoms with Crippen molar-refractivity contribution in [2.75, 3.05) is 20.3 Å². The summed E-state index contributed by atoms with van der Waals surface area (Å²) in [4.78, 5) is 11.5. The minimum Gasteiger partial charge on any atom is -0.465 e. The van der Waals surface area contributed by atoms with Gasteiger partial charge < -0.3 is 9.84 Å². The Hall–Kier alpha value is -1.44. The molecule has 0 aromatic heterocycles. The number of sulfonamides is 1. The number of methoxy groups -OCH3 is 1. The van der Waals surface area contributed by atoms with E-state index in [-0.39, 0.29) is 23.6 Å². The number of carbonyl (C=O) groups excluding carboxylic acids is 1. The summed E-state index contributed by atoms with van der Waals surface area (Å²) in [6, 6.07) is 5.90. The van der Waals surface area contributed by atoms with E-state index >= 15 is 0 Å². The van der Waals surface area contributed by atoms with Gasteiger partial charge in [0.2, 0.25) is 10.0 Å². The molecule has 0 fully saturated rings. The number of hydrogen-bond donors (Lipinski definition) is 2. The summed E-state index contributed by atoms with van der Waals surface area (Å²) in [5, 5.41) is 8.64. The standard InChI is InChI=1S/C13H19NO5S/c1-19-13(16)11-7-3-4-8-12(11)20(17,18)14-9-5-2-6-10-15/h3-4,7-8,14-15H,2,5-6,9-10H2,1H3. The maximum absolute atomic E-state index is 12.1. The Kier molecular flexibility index (Phi) is 6.63. The van der Waals surface area contributed by atoms with Crippen molar-refractivity contribution in [2.45, 2.75) is 24.2 Å². The summed E-state index contributed by atoms with van der Waals surface area (Å²) in [5.41, 5.74) is 0.0119. The summed E-state index contributed by atoms with van der Waals surface area (Å²) >= 11 is 0. The SMILES string of the molecule is COC(=O)c1ccccc1S(=O)(=O)NCCCCCO. The first-order chi connectivity index (χ1) is 9.53. The minimum absolute atomic E-state index is 0.0119. The molecular formula is C13H19NO5S. The van der Waals surface area contributed by atoms with E-state index in [1.807, 2.05) is 0 Å². The Morgan fingerprint density at radius 2 is 1.95 bits per heavy atom. The molecular weight excluding hydrogens is 282 g/mol. The van der Waals surface area contributed by atoms with E-state index < -0.39 is 16.0 Å². The number of unbranched alkanes of at least 4 members (excludes halogenated alkanes) is 2. The molecule has 1 rings (SSSR count). The molecule has 0 radical (unpaired) electrons. The smallest absolute Gasteiger partial charge is 0.339 e. The highest BCUT2D eigenvalue weighted by atomic mass is 32.2. The van der Waals surface area contributed by atoms with Crippen LogP contribution in [0.2, 0.25) is 0 Å². The predicted octanol–water partition coefficient (Wildman–Crippen LogP) is 0.914. The lowest BCUT2D eigenvalue weighted by Gasteiger charge is -2.10. The maximum Gasteiger partial charge on any atom is 0.339 e. The van der Waals surface area contributed by atoms with E-state index in [0.717, 1.165) is 6.42 Å². The second-order valence-corrected chi connectivity index (χ2v) is 5.91. The van der Waals surface area contributed by atoms with E-state index in [1.54, 1.807) is 12.1 Å². The van der Waals surface area contributed by atoms with E-state index in [4.69, 9.17) is 5.11 Å². The number of hydrogen-bond acceptors (Lipinski definition) is 5. The molecule has 0 amide bonds. The van der Waals surface area contributed by atoms with E-state index in [1.165, 1.54) is 19.2 Å². The van der Waals surface area contributed by atoms with Crippen LogP contribution in [0.15, 0.2) is 29.2 Å². The van der Waals surface area contributed by atoms with Crippen molar-refractivity contribution in [3.05, 3.63) is 29.8 Å². The zero-order valence-corrected chi connectivity index (χ0v) is 12.1. The van der Waals surface area contributed by atoms with Gasteiger partial charge in [-0.25, -0.2) is 17.9 Å². The molecule has 0 aliphatic rings. The summed E-state index contributed by atoms with van der Waals surface area (Å²) in [5.74, 6) is -0.689. The Balaban J connectivity index is 2.80. The number of rotatable bonds is 8. The third-order valence-corrected chi connectivity index (χ3v) is 4.23. The molecule has 112 valence electrons. The van der Waals surface area contributed by atoms with Gasteiger partial charge in [0.1, 0.15) is 0 Å². The van der Waals surface area contributed by atoms with Crippen molar-refractivity contribution in [1.29, 1.82) is 0 Å². The van der Waals surface area contributed by atoms with Crippen molar-refractivity contribution in [2.24, 2.45) is 0 Å². The molecule has 7 heteroatoms. The van der Waals surface area contributed by atoms with Crippen LogP contribution in [-0.2, 0) is 14.8 Å². The number of carbonyl (C=O) groups is 1. The monoisotopic (exact) mass is 301 g/mol. The summed E-state index contributed by atoms with van der Waals surface area (Å²) in [7, 11) is -2.54. The second kappa shape index (κ2) is 7.98. The third-order valence-electron chi connectivity index (χ3n) is 2.71. The van der Waals surface area contributed by atoms with Crippen LogP contribution < -0.4 is 4.72 Å². The summed E-state index contributed by atoms with van der Waals surface area (Å²) in [6.45, 7) is 0.357. The van der Waals surface area contributed by atoms with Gasteiger partial charge in [-0.15, -0.1) is 0 Å². The first-order valence-corrected chi connectivity index (χ1v) is 7.79. The highest BCUT2D eigenvalue weighted by molar-refractivity contribution is 7.89. The van der Waals surface area contributed by atoms with Gasteiger partial charge in [-0.1, -0.05) is 12.1 Å². The molecule has 0 unspecified atom stereocenters. The van der Waals surface area contributed by atoms with Crippen molar-refractivity contribution >= 4 is 16.0 Å². The lowest BCUT2D eigenvalue weighted by Crippen LogP contribution is -2.26. The van der Waals surface area contributed by atoms with Gasteiger partial charge in [-0.3, -0.25) is 0 Å². The molecule has 0 aliphatic carbocycles. The van der Waals surface area contributed by atoms with Crippen LogP contribution in [0.5, 0.6) is 0 Å². The van der Waals surface area contributed by atoms with Crippen LogP contribution in [0.1, 0.15) is 29.6 Å². The molecule has 6 nitrogen and oxygen atoms in total. The summed E-state index contributed by atoms with van der Waals surface area (Å²) < 4.78 is 31.3. The van der Waals surface area contributed by atoms with Gasteiger partial charge in [0.05, 0.1) is 17.6 Å². The predicted molar refractivity (Wildman–Crippen MR) is 73.9 cm³/mol. The van der Waals surface area contributed by atoms with Gasteiger partial charge in [-0.2, -0.15) is 0 Å². The average molecular weight is 301 g/mol. The Morgan fingerprint density at radius 3 is 2.60 bits per heavy atom. The molecule has 0 heterocycles. The van der Waals surface area contributed by atoms with Gasteiger partial charge in [0.15, 0.2) is 0 Å². The molecule has 20 heavy (non-hydrogen) atoms. The molecule has 0 atom stereocenters. The number of aliphatic hydroxyl groups is 1. The van der Waals surface area contributed by atoms with E-state index in [9.17, 15) is 13.2 Å². The fraction of sp³-hybridized carbons (Fsp3) is 0.462. The number of aliphatic hydroxyl groups excluding tert-OH is 1. The summed E-state index contributed by atoms with van der Waals surface area (Å²) in [6.07, 6.45) is 2.00. The van der Waals surface area contributed by atoms with Crippen LogP contribution in [0, 0.1) is 0 Å². The lowest BCUT2D eigenvalue weighted by molar-refractivity contribution is 0.0596. The van der Waals surface area contributed by atoms with Gasteiger partial charge in [0.25, 0.3) is 0 Å². The molecule has 0 saturated carbocycles. The number of ether oxygens (including phenoxy) is 1. The normalized spacial score (nSPS) is 11.3. The molecule has 0 bridgehead atoms. The number of nitrogens with one attached hydrogen (secondary N) is 1. The molecule has 2 N–H and O–H groups in total. The van der Waals surface area contributed by atoms with Gasteiger partial charge >= 0.3 is 5.97 Å². The van der Waals surface area contributed by atoms with Crippen LogP contribution in [0.4, 0.5) is 0 Å². The van der Waals surface area contributed by atoms with Crippen LogP contribution in [0.25, 0.3) is 0 Å². The van der Waals surface area contributed by atoms with Gasteiger partial charge in [-0.05, 0) is 31.4 Å². The zero-order valence-electron chi connectivity index (χ0n) is 11.3. The van der Waals surface area contributed by atoms with Crippen molar-refractivity contribution in [3.8, 4) is 0 Å². The van der Waals surface area contributed by atoms with Crippen LogP contribution in [-0.4, -0.2) is 39.8 Å². The second-order valence-electron chi connectivity index (χ2n) is 4.17. The Bertz CT molecular complexity index is 541. The molecule has 1 aromatic carbocycles. The molecule has 1 aromatic rings. The topological polar surface area (TPSA) is 92.7 Å². The fourth-order valence-electron chi connectivity index (χ4n) is 1.68. The largest absolute Gasteiger partial charge is 0.465 e. The van der Waals surface area contributed by atoms with E-state index in [0.29, 0.717) is 12.8 Å². The van der Waals surface area contributed by atoms with Gasteiger partial charge in [0, 0.05) is 13.2 Å². The quantitative estimate of drug-likeness (QED) is 0.550. The zero-order chi connectivity index (χ0) is 15.0. The molecule has 0 aliphatic heterocycles. The highest BCUT2D eigenvalue weighted by Crippen LogP contribution is 2.16. The first kappa shape index (κ1) is 16.6. The fourth-order valence-corrected chi connectivity index (χ4v) is 2.94. The number of benzene rings is 1. The maximum atomic E-state index is 12.1.